The van der Waals surface area contributed by atoms with Gasteiger partial charge in [0.05, 0.1) is 12.0 Å². The van der Waals surface area contributed by atoms with Crippen LogP contribution in [0, 0.1) is 27.7 Å². The Morgan fingerprint density at radius 2 is 1.58 bits per heavy atom. The van der Waals surface area contributed by atoms with Crippen molar-refractivity contribution in [2.24, 2.45) is 0 Å². The molecule has 2 heterocycles. The Kier molecular flexibility index (Phi) is 5.16. The molecule has 0 aliphatic carbocycles. The Hall–Kier alpha value is -2.56. The van der Waals surface area contributed by atoms with Crippen LogP contribution in [0.2, 0.25) is 0 Å². The molecule has 138 valence electrons. The number of piperazine rings is 1. The van der Waals surface area contributed by atoms with Crippen LogP contribution in [0.15, 0.2) is 24.3 Å². The van der Waals surface area contributed by atoms with Gasteiger partial charge in [0.15, 0.2) is 0 Å². The first-order valence-corrected chi connectivity index (χ1v) is 9.14. The average Bonchev–Trinajstić information content (AvgIpc) is 2.96. The fourth-order valence-electron chi connectivity index (χ4n) is 3.48. The van der Waals surface area contributed by atoms with Gasteiger partial charge in [0.25, 0.3) is 5.91 Å². The summed E-state index contributed by atoms with van der Waals surface area (Å²) in [5, 5.41) is 0. The zero-order valence-electron chi connectivity index (χ0n) is 16.1. The topological polar surface area (TPSA) is 56.4 Å². The Morgan fingerprint density at radius 3 is 2.15 bits per heavy atom. The van der Waals surface area contributed by atoms with E-state index in [9.17, 15) is 9.59 Å². The zero-order valence-corrected chi connectivity index (χ0v) is 16.1. The van der Waals surface area contributed by atoms with Gasteiger partial charge in [-0.1, -0.05) is 18.2 Å². The molecule has 1 aliphatic heterocycles. The number of benzene rings is 1. The first kappa shape index (κ1) is 18.2. The molecule has 0 spiro atoms. The van der Waals surface area contributed by atoms with Crippen LogP contribution in [0.5, 0.6) is 0 Å². The minimum atomic E-state index is 0.0492. The molecule has 1 N–H and O–H groups in total. The van der Waals surface area contributed by atoms with Crippen LogP contribution in [0.4, 0.5) is 0 Å². The van der Waals surface area contributed by atoms with Crippen molar-refractivity contribution in [2.75, 3.05) is 26.2 Å². The number of aromatic amines is 1. The summed E-state index contributed by atoms with van der Waals surface area (Å²) in [5.74, 6) is 0.183. The lowest BCUT2D eigenvalue weighted by molar-refractivity contribution is -0.131. The van der Waals surface area contributed by atoms with Crippen LogP contribution in [-0.4, -0.2) is 52.8 Å². The summed E-state index contributed by atoms with van der Waals surface area (Å²) in [4.78, 5) is 32.1. The minimum Gasteiger partial charge on any atom is -0.362 e. The van der Waals surface area contributed by atoms with Crippen LogP contribution in [0.1, 0.15) is 38.4 Å². The van der Waals surface area contributed by atoms with Gasteiger partial charge in [0, 0.05) is 37.6 Å². The highest BCUT2D eigenvalue weighted by molar-refractivity contribution is 5.95. The molecular formula is C21H27N3O2. The molecule has 1 aliphatic rings. The van der Waals surface area contributed by atoms with Gasteiger partial charge in [-0.2, -0.15) is 0 Å². The van der Waals surface area contributed by atoms with E-state index in [1.54, 1.807) is 0 Å². The predicted octanol–water partition coefficient (Wildman–Crippen LogP) is 2.78. The molecule has 2 amide bonds. The number of H-pyrrole nitrogens is 1. The molecule has 0 radical (unpaired) electrons. The molecule has 5 nitrogen and oxygen atoms in total. The standard InChI is InChI=1S/C21H27N3O2/c1-14-5-6-18(11-15(14)2)13-20(25)23-7-9-24(10-8-23)21(26)19-12-16(3)22-17(19)4/h5-6,11-12,22H,7-10,13H2,1-4H3. The number of amides is 2. The number of carbonyl (C=O) groups excluding carboxylic acids is 2. The predicted molar refractivity (Wildman–Crippen MR) is 102 cm³/mol. The molecule has 0 bridgehead atoms. The summed E-state index contributed by atoms with van der Waals surface area (Å²) < 4.78 is 0. The van der Waals surface area contributed by atoms with E-state index < -0.39 is 0 Å². The second kappa shape index (κ2) is 7.36. The molecule has 0 unspecified atom stereocenters. The van der Waals surface area contributed by atoms with E-state index in [-0.39, 0.29) is 11.8 Å². The van der Waals surface area contributed by atoms with Crippen LogP contribution in [0.3, 0.4) is 0 Å². The van der Waals surface area contributed by atoms with Crippen molar-refractivity contribution in [1.82, 2.24) is 14.8 Å². The summed E-state index contributed by atoms with van der Waals surface area (Å²) in [6.45, 7) is 10.4. The van der Waals surface area contributed by atoms with Crippen molar-refractivity contribution in [3.63, 3.8) is 0 Å². The SMILES string of the molecule is Cc1cc(C(=O)N2CCN(C(=O)Cc3ccc(C)c(C)c3)CC2)c(C)[nH]1. The van der Waals surface area contributed by atoms with E-state index in [1.807, 2.05) is 35.8 Å². The third kappa shape index (κ3) is 3.82. The Balaban J connectivity index is 1.57. The third-order valence-corrected chi connectivity index (χ3v) is 5.23. The molecule has 1 fully saturated rings. The number of carbonyl (C=O) groups is 2. The van der Waals surface area contributed by atoms with Gasteiger partial charge in [-0.25, -0.2) is 0 Å². The summed E-state index contributed by atoms with van der Waals surface area (Å²) >= 11 is 0. The maximum Gasteiger partial charge on any atom is 0.255 e. The smallest absolute Gasteiger partial charge is 0.255 e. The minimum absolute atomic E-state index is 0.0492. The van der Waals surface area contributed by atoms with Crippen molar-refractivity contribution in [1.29, 1.82) is 0 Å². The van der Waals surface area contributed by atoms with E-state index in [0.29, 0.717) is 32.6 Å². The number of hydrogen-bond donors (Lipinski definition) is 1. The molecule has 0 atom stereocenters. The first-order chi connectivity index (χ1) is 12.3. The highest BCUT2D eigenvalue weighted by atomic mass is 16.2. The number of aromatic nitrogens is 1. The van der Waals surface area contributed by atoms with Gasteiger partial charge in [-0.05, 0) is 50.5 Å². The van der Waals surface area contributed by atoms with E-state index in [4.69, 9.17) is 0 Å². The molecular weight excluding hydrogens is 326 g/mol. The fraction of sp³-hybridized carbons (Fsp3) is 0.429. The van der Waals surface area contributed by atoms with Crippen molar-refractivity contribution in [3.05, 3.63) is 57.9 Å². The Bertz CT molecular complexity index is 830. The van der Waals surface area contributed by atoms with Gasteiger partial charge in [0.2, 0.25) is 5.91 Å². The summed E-state index contributed by atoms with van der Waals surface area (Å²) in [6, 6.07) is 8.08. The number of nitrogens with one attached hydrogen (secondary N) is 1. The van der Waals surface area contributed by atoms with Gasteiger partial charge in [0.1, 0.15) is 0 Å². The molecule has 2 aromatic rings. The van der Waals surface area contributed by atoms with Crippen LogP contribution < -0.4 is 0 Å². The second-order valence-corrected chi connectivity index (χ2v) is 7.26. The molecule has 1 saturated heterocycles. The third-order valence-electron chi connectivity index (χ3n) is 5.23. The average molecular weight is 353 g/mol. The number of hydrogen-bond acceptors (Lipinski definition) is 2. The van der Waals surface area contributed by atoms with Crippen LogP contribution >= 0.6 is 0 Å². The lowest BCUT2D eigenvalue weighted by Crippen LogP contribution is -2.51. The Labute approximate surface area is 155 Å². The lowest BCUT2D eigenvalue weighted by atomic mass is 10.0. The summed E-state index contributed by atoms with van der Waals surface area (Å²) in [7, 11) is 0. The maximum atomic E-state index is 12.7. The molecule has 0 saturated carbocycles. The van der Waals surface area contributed by atoms with Crippen LogP contribution in [0.25, 0.3) is 0 Å². The quantitative estimate of drug-likeness (QED) is 0.922. The molecule has 5 heteroatoms. The van der Waals surface area contributed by atoms with Gasteiger partial charge in [-0.15, -0.1) is 0 Å². The maximum absolute atomic E-state index is 12.7. The molecule has 1 aromatic heterocycles. The van der Waals surface area contributed by atoms with Gasteiger partial charge < -0.3 is 14.8 Å². The van der Waals surface area contributed by atoms with Crippen molar-refractivity contribution >= 4 is 11.8 Å². The normalized spacial score (nSPS) is 14.6. The largest absolute Gasteiger partial charge is 0.362 e. The first-order valence-electron chi connectivity index (χ1n) is 9.14. The van der Waals surface area contributed by atoms with E-state index in [0.717, 1.165) is 22.5 Å². The molecule has 3 rings (SSSR count). The summed E-state index contributed by atoms with van der Waals surface area (Å²) in [5.41, 5.74) is 6.13. The number of rotatable bonds is 3. The van der Waals surface area contributed by atoms with E-state index in [1.165, 1.54) is 11.1 Å². The van der Waals surface area contributed by atoms with E-state index >= 15 is 0 Å². The van der Waals surface area contributed by atoms with Crippen molar-refractivity contribution < 1.29 is 9.59 Å². The second-order valence-electron chi connectivity index (χ2n) is 7.26. The van der Waals surface area contributed by atoms with Crippen molar-refractivity contribution in [2.45, 2.75) is 34.1 Å². The zero-order chi connectivity index (χ0) is 18.8. The fourth-order valence-corrected chi connectivity index (χ4v) is 3.48. The number of nitrogens with zero attached hydrogens (tertiary/aromatic N) is 2. The molecule has 26 heavy (non-hydrogen) atoms. The highest BCUT2D eigenvalue weighted by Crippen LogP contribution is 2.16. The Morgan fingerprint density at radius 1 is 0.923 bits per heavy atom. The van der Waals surface area contributed by atoms with Crippen LogP contribution in [-0.2, 0) is 11.2 Å². The highest BCUT2D eigenvalue weighted by Gasteiger charge is 2.26. The van der Waals surface area contributed by atoms with E-state index in [2.05, 4.69) is 31.0 Å². The molecule has 1 aromatic carbocycles. The van der Waals surface area contributed by atoms with Gasteiger partial charge >= 0.3 is 0 Å². The van der Waals surface area contributed by atoms with Crippen molar-refractivity contribution in [3.8, 4) is 0 Å². The summed E-state index contributed by atoms with van der Waals surface area (Å²) in [6.07, 6.45) is 0.422. The number of aryl methyl sites for hydroxylation is 4. The monoisotopic (exact) mass is 353 g/mol. The van der Waals surface area contributed by atoms with Gasteiger partial charge in [-0.3, -0.25) is 9.59 Å². The lowest BCUT2D eigenvalue weighted by Gasteiger charge is -2.35.